The second kappa shape index (κ2) is 7.79. The summed E-state index contributed by atoms with van der Waals surface area (Å²) in [7, 11) is 0. The molecule has 7 heteroatoms. The summed E-state index contributed by atoms with van der Waals surface area (Å²) < 4.78 is 0. The van der Waals surface area contributed by atoms with Crippen LogP contribution in [0.2, 0.25) is 0 Å². The van der Waals surface area contributed by atoms with Gasteiger partial charge in [0.25, 0.3) is 0 Å². The second-order valence-corrected chi connectivity index (χ2v) is 12.2. The minimum Gasteiger partial charge on any atom is -0.393 e. The number of carbonyl (C=O) groups is 2. The molecule has 4 aliphatic heterocycles. The highest BCUT2D eigenvalue weighted by molar-refractivity contribution is 7.80. The first kappa shape index (κ1) is 22.3. The molecule has 0 radical (unpaired) electrons. The fourth-order valence-electron chi connectivity index (χ4n) is 7.55. The van der Waals surface area contributed by atoms with E-state index in [1.165, 1.54) is 5.57 Å². The Morgan fingerprint density at radius 1 is 1.19 bits per heavy atom. The van der Waals surface area contributed by atoms with E-state index < -0.39 is 5.91 Å². The van der Waals surface area contributed by atoms with Gasteiger partial charge < -0.3 is 16.0 Å². The molecule has 6 aliphatic rings. The lowest BCUT2D eigenvalue weighted by Gasteiger charge is -2.62. The Morgan fingerprint density at radius 2 is 1.97 bits per heavy atom. The second-order valence-electron chi connectivity index (χ2n) is 11.7. The van der Waals surface area contributed by atoms with Gasteiger partial charge in [0, 0.05) is 36.0 Å². The first-order valence-corrected chi connectivity index (χ1v) is 12.9. The number of nitrogens with one attached hydrogen (secondary N) is 1. The van der Waals surface area contributed by atoms with Crippen molar-refractivity contribution in [3.05, 3.63) is 11.6 Å². The Balaban J connectivity index is 1.51. The molecule has 7 atom stereocenters. The molecule has 0 aromatic carbocycles. The van der Waals surface area contributed by atoms with Gasteiger partial charge in [0.1, 0.15) is 0 Å². The predicted octanol–water partition coefficient (Wildman–Crippen LogP) is 2.62. The lowest BCUT2D eigenvalue weighted by atomic mass is 9.52. The third kappa shape index (κ3) is 3.42. The Labute approximate surface area is 197 Å². The van der Waals surface area contributed by atoms with Gasteiger partial charge in [-0.3, -0.25) is 14.5 Å². The summed E-state index contributed by atoms with van der Waals surface area (Å²) in [6.45, 7) is 9.28. The van der Waals surface area contributed by atoms with E-state index in [4.69, 9.17) is 18.0 Å². The van der Waals surface area contributed by atoms with Crippen molar-refractivity contribution in [3.8, 4) is 0 Å². The summed E-state index contributed by atoms with van der Waals surface area (Å²) in [6.07, 6.45) is 9.49. The zero-order valence-corrected chi connectivity index (χ0v) is 20.5. The molecule has 4 heterocycles. The SMILES string of the molecule is C[C@H]1CC[C@@H]2C3=CCC34CCC(C)(CC4N3CC[C@@H](C(N)=S)[C@@H](C)C3)NC(=O)C(=O)N2C1. The average Bonchev–Trinajstić information content (AvgIpc) is 2.72. The average molecular weight is 459 g/mol. The molecule has 6 nitrogen and oxygen atoms in total. The molecular formula is C25H38N4O2S. The molecule has 2 amide bonds. The van der Waals surface area contributed by atoms with Crippen molar-refractivity contribution in [2.75, 3.05) is 19.6 Å². The summed E-state index contributed by atoms with van der Waals surface area (Å²) in [5, 5.41) is 3.19. The normalized spacial score (nSPS) is 44.7. The molecule has 32 heavy (non-hydrogen) atoms. The van der Waals surface area contributed by atoms with Crippen LogP contribution in [-0.2, 0) is 9.59 Å². The van der Waals surface area contributed by atoms with Gasteiger partial charge >= 0.3 is 11.8 Å². The van der Waals surface area contributed by atoms with Crippen LogP contribution in [0.3, 0.4) is 0 Å². The summed E-state index contributed by atoms with van der Waals surface area (Å²) in [5.74, 6) is 0.442. The summed E-state index contributed by atoms with van der Waals surface area (Å²) >= 11 is 5.35. The molecule has 5 fully saturated rings. The summed E-state index contributed by atoms with van der Waals surface area (Å²) in [5.41, 5.74) is 7.27. The van der Waals surface area contributed by atoms with Crippen molar-refractivity contribution >= 4 is 29.0 Å². The maximum absolute atomic E-state index is 13.2. The van der Waals surface area contributed by atoms with Crippen molar-refractivity contribution in [1.29, 1.82) is 0 Å². The van der Waals surface area contributed by atoms with Crippen LogP contribution in [0.1, 0.15) is 65.7 Å². The monoisotopic (exact) mass is 458 g/mol. The highest BCUT2D eigenvalue weighted by atomic mass is 32.1. The van der Waals surface area contributed by atoms with Crippen LogP contribution < -0.4 is 11.1 Å². The quantitative estimate of drug-likeness (QED) is 0.378. The van der Waals surface area contributed by atoms with Crippen LogP contribution in [-0.4, -0.2) is 63.9 Å². The van der Waals surface area contributed by atoms with E-state index in [9.17, 15) is 9.59 Å². The number of rotatable bonds is 2. The lowest BCUT2D eigenvalue weighted by Crippen LogP contribution is -2.68. The van der Waals surface area contributed by atoms with Crippen molar-refractivity contribution in [2.45, 2.75) is 83.3 Å². The van der Waals surface area contributed by atoms with Crippen LogP contribution in [0.15, 0.2) is 11.6 Å². The molecule has 6 rings (SSSR count). The van der Waals surface area contributed by atoms with E-state index in [1.54, 1.807) is 0 Å². The van der Waals surface area contributed by atoms with Crippen LogP contribution in [0.5, 0.6) is 0 Å². The van der Waals surface area contributed by atoms with E-state index in [0.29, 0.717) is 35.3 Å². The van der Waals surface area contributed by atoms with Crippen molar-refractivity contribution in [3.63, 3.8) is 0 Å². The van der Waals surface area contributed by atoms with Gasteiger partial charge in [-0.05, 0) is 75.8 Å². The molecule has 4 saturated heterocycles. The van der Waals surface area contributed by atoms with Gasteiger partial charge in [-0.15, -0.1) is 0 Å². The molecular weight excluding hydrogens is 420 g/mol. The maximum Gasteiger partial charge on any atom is 0.312 e. The third-order valence-electron chi connectivity index (χ3n) is 9.46. The van der Waals surface area contributed by atoms with E-state index in [0.717, 1.165) is 58.0 Å². The number of hydrogen-bond acceptors (Lipinski definition) is 4. The first-order valence-electron chi connectivity index (χ1n) is 12.5. The Kier molecular flexibility index (Phi) is 5.44. The largest absolute Gasteiger partial charge is 0.393 e. The molecule has 176 valence electrons. The maximum atomic E-state index is 13.2. The fraction of sp³-hybridized carbons (Fsp3) is 0.800. The van der Waals surface area contributed by atoms with Gasteiger partial charge in [-0.25, -0.2) is 0 Å². The first-order chi connectivity index (χ1) is 15.1. The number of thiocarbonyl (C=S) groups is 1. The molecule has 3 unspecified atom stereocenters. The number of amides is 2. The molecule has 3 N–H and O–H groups in total. The number of nitrogens with two attached hydrogens (primary N) is 1. The summed E-state index contributed by atoms with van der Waals surface area (Å²) in [4.78, 5) is 31.5. The number of fused-ring (bicyclic) bond motifs is 4. The van der Waals surface area contributed by atoms with E-state index >= 15 is 0 Å². The zero-order chi connectivity index (χ0) is 22.8. The number of likely N-dealkylation sites (tertiary alicyclic amines) is 1. The summed E-state index contributed by atoms with van der Waals surface area (Å²) in [6, 6.07) is 0.459. The molecule has 2 bridgehead atoms. The number of nitrogens with zero attached hydrogens (tertiary/aromatic N) is 2. The van der Waals surface area contributed by atoms with Gasteiger partial charge in [-0.2, -0.15) is 0 Å². The van der Waals surface area contributed by atoms with Gasteiger partial charge in [0.05, 0.1) is 11.0 Å². The van der Waals surface area contributed by atoms with E-state index in [-0.39, 0.29) is 22.9 Å². The third-order valence-corrected chi connectivity index (χ3v) is 9.76. The van der Waals surface area contributed by atoms with Gasteiger partial charge in [0.2, 0.25) is 0 Å². The highest BCUT2D eigenvalue weighted by Gasteiger charge is 2.58. The van der Waals surface area contributed by atoms with Crippen LogP contribution in [0.25, 0.3) is 0 Å². The Bertz CT molecular complexity index is 874. The Morgan fingerprint density at radius 3 is 2.62 bits per heavy atom. The number of piperidine rings is 2. The van der Waals surface area contributed by atoms with Crippen LogP contribution in [0, 0.1) is 23.2 Å². The fourth-order valence-corrected chi connectivity index (χ4v) is 7.90. The lowest BCUT2D eigenvalue weighted by molar-refractivity contribution is -0.152. The van der Waals surface area contributed by atoms with Gasteiger partial charge in [-0.1, -0.05) is 32.1 Å². The van der Waals surface area contributed by atoms with Crippen molar-refractivity contribution in [1.82, 2.24) is 15.1 Å². The van der Waals surface area contributed by atoms with Crippen LogP contribution in [0.4, 0.5) is 0 Å². The number of hydrogen-bond donors (Lipinski definition) is 2. The minimum atomic E-state index is -0.416. The number of allylic oxidation sites excluding steroid dienone is 1. The molecule has 2 aliphatic carbocycles. The van der Waals surface area contributed by atoms with Crippen molar-refractivity contribution in [2.24, 2.45) is 28.9 Å². The molecule has 1 spiro atoms. The standard InChI is InChI=1S/C25H38N4O2S/c1-15-4-5-19-18-6-8-25(18)10-9-24(3,27-22(30)23(31)29(19)13-15)12-20(25)28-11-7-17(21(26)32)16(2)14-28/h6,15-17,19-20H,4-5,7-14H2,1-3H3,(H2,26,32)(H,27,30)/t15-,16-,17+,19+,20?,24?,25?/m0/s1. The molecule has 0 aromatic heterocycles. The predicted molar refractivity (Wildman–Crippen MR) is 129 cm³/mol. The molecule has 1 saturated carbocycles. The van der Waals surface area contributed by atoms with E-state index in [2.05, 4.69) is 37.1 Å². The topological polar surface area (TPSA) is 78.7 Å². The smallest absolute Gasteiger partial charge is 0.312 e. The Hall–Kier alpha value is -1.47. The molecule has 0 aromatic rings. The van der Waals surface area contributed by atoms with Gasteiger partial charge in [0.15, 0.2) is 0 Å². The van der Waals surface area contributed by atoms with Crippen LogP contribution >= 0.6 is 12.2 Å². The zero-order valence-electron chi connectivity index (χ0n) is 19.7. The minimum absolute atomic E-state index is 0.0785. The van der Waals surface area contributed by atoms with Crippen molar-refractivity contribution < 1.29 is 9.59 Å². The highest BCUT2D eigenvalue weighted by Crippen LogP contribution is 2.58. The number of carbonyl (C=O) groups excluding carboxylic acids is 2. The van der Waals surface area contributed by atoms with E-state index in [1.807, 2.05) is 4.90 Å².